The molecular weight excluding hydrogens is 386 g/mol. The van der Waals surface area contributed by atoms with Crippen LogP contribution in [0.5, 0.6) is 11.5 Å². The van der Waals surface area contributed by atoms with Gasteiger partial charge in [-0.25, -0.2) is 4.79 Å². The first kappa shape index (κ1) is 24.8. The molecule has 0 saturated heterocycles. The fourth-order valence-electron chi connectivity index (χ4n) is 3.67. The molecule has 0 atom stereocenters. The van der Waals surface area contributed by atoms with Crippen LogP contribution in [0.25, 0.3) is 11.1 Å². The standard InChI is InChI=1S/C27H39NO3/c1-2-3-4-5-6-7-8-9-10-11-12-13-22-28-27(30)31-26-20-16-24(17-21-26)23-14-18-25(29)19-15-23/h14-21,29H,2-13,22H2,1H3,(H,28,30). The van der Waals surface area contributed by atoms with E-state index in [0.717, 1.165) is 24.0 Å². The maximum absolute atomic E-state index is 11.9. The average Bonchev–Trinajstić information content (AvgIpc) is 2.78. The molecule has 0 aromatic heterocycles. The van der Waals surface area contributed by atoms with Crippen LogP contribution in [0.4, 0.5) is 4.79 Å². The van der Waals surface area contributed by atoms with Crippen molar-refractivity contribution in [2.45, 2.75) is 84.0 Å². The summed E-state index contributed by atoms with van der Waals surface area (Å²) in [6.07, 6.45) is 15.3. The number of unbranched alkanes of at least 4 members (excludes halogenated alkanes) is 11. The number of ether oxygens (including phenoxy) is 1. The summed E-state index contributed by atoms with van der Waals surface area (Å²) in [4.78, 5) is 11.9. The highest BCUT2D eigenvalue weighted by molar-refractivity contribution is 5.71. The molecule has 4 nitrogen and oxygen atoms in total. The average molecular weight is 426 g/mol. The van der Waals surface area contributed by atoms with Crippen LogP contribution < -0.4 is 10.1 Å². The number of nitrogens with one attached hydrogen (secondary N) is 1. The Bertz CT molecular complexity index is 725. The number of hydrogen-bond acceptors (Lipinski definition) is 3. The summed E-state index contributed by atoms with van der Waals surface area (Å²) in [6.45, 7) is 2.92. The van der Waals surface area contributed by atoms with Crippen LogP contribution in [-0.2, 0) is 0 Å². The minimum Gasteiger partial charge on any atom is -0.508 e. The van der Waals surface area contributed by atoms with Crippen molar-refractivity contribution in [2.75, 3.05) is 6.54 Å². The normalized spacial score (nSPS) is 10.7. The molecule has 1 amide bonds. The van der Waals surface area contributed by atoms with Gasteiger partial charge in [0, 0.05) is 6.54 Å². The van der Waals surface area contributed by atoms with E-state index >= 15 is 0 Å². The minimum absolute atomic E-state index is 0.244. The lowest BCUT2D eigenvalue weighted by Gasteiger charge is -2.08. The molecule has 0 heterocycles. The van der Waals surface area contributed by atoms with Gasteiger partial charge >= 0.3 is 6.09 Å². The van der Waals surface area contributed by atoms with Gasteiger partial charge in [0.25, 0.3) is 0 Å². The molecule has 0 radical (unpaired) electrons. The molecule has 0 bridgehead atoms. The van der Waals surface area contributed by atoms with Crippen molar-refractivity contribution in [1.29, 1.82) is 0 Å². The summed E-state index contributed by atoms with van der Waals surface area (Å²) in [6, 6.07) is 14.4. The molecule has 0 aliphatic carbocycles. The molecule has 2 aromatic rings. The Hall–Kier alpha value is -2.49. The van der Waals surface area contributed by atoms with Crippen LogP contribution in [-0.4, -0.2) is 17.7 Å². The summed E-state index contributed by atoms with van der Waals surface area (Å²) in [5.74, 6) is 0.767. The number of amides is 1. The van der Waals surface area contributed by atoms with E-state index in [-0.39, 0.29) is 5.75 Å². The Labute approximate surface area is 188 Å². The Kier molecular flexibility index (Phi) is 12.3. The topological polar surface area (TPSA) is 58.6 Å². The summed E-state index contributed by atoms with van der Waals surface area (Å²) in [7, 11) is 0. The molecule has 4 heteroatoms. The molecule has 0 fully saturated rings. The van der Waals surface area contributed by atoms with E-state index in [4.69, 9.17) is 4.74 Å². The largest absolute Gasteiger partial charge is 0.508 e. The fourth-order valence-corrected chi connectivity index (χ4v) is 3.67. The lowest BCUT2D eigenvalue weighted by molar-refractivity contribution is 0.200. The van der Waals surface area contributed by atoms with Crippen molar-refractivity contribution in [1.82, 2.24) is 5.32 Å². The van der Waals surface area contributed by atoms with Crippen LogP contribution in [0.15, 0.2) is 48.5 Å². The van der Waals surface area contributed by atoms with Crippen molar-refractivity contribution in [3.8, 4) is 22.6 Å². The van der Waals surface area contributed by atoms with Gasteiger partial charge in [0.1, 0.15) is 11.5 Å². The first-order valence-electron chi connectivity index (χ1n) is 12.0. The Morgan fingerprint density at radius 3 is 1.68 bits per heavy atom. The summed E-state index contributed by atoms with van der Waals surface area (Å²) >= 11 is 0. The zero-order valence-corrected chi connectivity index (χ0v) is 19.1. The summed E-state index contributed by atoms with van der Waals surface area (Å²) < 4.78 is 5.34. The highest BCUT2D eigenvalue weighted by Gasteiger charge is 2.05. The Morgan fingerprint density at radius 2 is 1.16 bits per heavy atom. The number of benzene rings is 2. The van der Waals surface area contributed by atoms with E-state index in [0.29, 0.717) is 12.3 Å². The first-order valence-corrected chi connectivity index (χ1v) is 12.0. The molecule has 0 saturated carbocycles. The number of carbonyl (C=O) groups is 1. The Morgan fingerprint density at radius 1 is 0.710 bits per heavy atom. The predicted octanol–water partition coefficient (Wildman–Crippen LogP) is 7.85. The maximum Gasteiger partial charge on any atom is 0.412 e. The number of aromatic hydroxyl groups is 1. The third kappa shape index (κ3) is 10.9. The molecule has 0 aliphatic heterocycles. The van der Waals surface area contributed by atoms with Crippen molar-refractivity contribution < 1.29 is 14.6 Å². The van der Waals surface area contributed by atoms with Crippen LogP contribution in [0, 0.1) is 0 Å². The van der Waals surface area contributed by atoms with E-state index < -0.39 is 6.09 Å². The van der Waals surface area contributed by atoms with Crippen LogP contribution in [0.3, 0.4) is 0 Å². The SMILES string of the molecule is CCCCCCCCCCCCCCNC(=O)Oc1ccc(-c2ccc(O)cc2)cc1. The van der Waals surface area contributed by atoms with Gasteiger partial charge < -0.3 is 15.2 Å². The highest BCUT2D eigenvalue weighted by atomic mass is 16.6. The van der Waals surface area contributed by atoms with Crippen molar-refractivity contribution in [2.24, 2.45) is 0 Å². The number of carbonyl (C=O) groups excluding carboxylic acids is 1. The zero-order chi connectivity index (χ0) is 22.2. The van der Waals surface area contributed by atoms with Crippen molar-refractivity contribution in [3.05, 3.63) is 48.5 Å². The van der Waals surface area contributed by atoms with Gasteiger partial charge in [-0.2, -0.15) is 0 Å². The van der Waals surface area contributed by atoms with E-state index in [9.17, 15) is 9.90 Å². The van der Waals surface area contributed by atoms with Gasteiger partial charge in [-0.15, -0.1) is 0 Å². The van der Waals surface area contributed by atoms with E-state index in [1.165, 1.54) is 64.2 Å². The third-order valence-corrected chi connectivity index (χ3v) is 5.57. The minimum atomic E-state index is -0.402. The van der Waals surface area contributed by atoms with Gasteiger partial charge in [-0.3, -0.25) is 0 Å². The lowest BCUT2D eigenvalue weighted by Crippen LogP contribution is -2.27. The molecule has 2 aromatic carbocycles. The van der Waals surface area contributed by atoms with E-state index in [1.54, 1.807) is 24.3 Å². The number of phenolic OH excluding ortho intramolecular Hbond substituents is 1. The predicted molar refractivity (Wildman–Crippen MR) is 129 cm³/mol. The second kappa shape index (κ2) is 15.3. The molecule has 2 rings (SSSR count). The van der Waals surface area contributed by atoms with Crippen LogP contribution in [0.1, 0.15) is 84.0 Å². The summed E-state index contributed by atoms with van der Waals surface area (Å²) in [5.41, 5.74) is 2.00. The van der Waals surface area contributed by atoms with Crippen LogP contribution in [0.2, 0.25) is 0 Å². The second-order valence-electron chi connectivity index (χ2n) is 8.28. The molecule has 0 aliphatic rings. The second-order valence-corrected chi connectivity index (χ2v) is 8.28. The first-order chi connectivity index (χ1) is 15.2. The molecule has 0 spiro atoms. The number of rotatable bonds is 15. The van der Waals surface area contributed by atoms with Crippen LogP contribution >= 0.6 is 0 Å². The van der Waals surface area contributed by atoms with Gasteiger partial charge in [0.15, 0.2) is 0 Å². The molecule has 0 unspecified atom stereocenters. The quantitative estimate of drug-likeness (QED) is 0.286. The van der Waals surface area contributed by atoms with Crippen molar-refractivity contribution in [3.63, 3.8) is 0 Å². The number of phenols is 1. The Balaban J connectivity index is 1.48. The zero-order valence-electron chi connectivity index (χ0n) is 19.1. The van der Waals surface area contributed by atoms with Gasteiger partial charge in [-0.05, 0) is 41.8 Å². The molecule has 170 valence electrons. The van der Waals surface area contributed by atoms with E-state index in [1.807, 2.05) is 24.3 Å². The highest BCUT2D eigenvalue weighted by Crippen LogP contribution is 2.24. The lowest BCUT2D eigenvalue weighted by atomic mass is 10.1. The summed E-state index contributed by atoms with van der Waals surface area (Å²) in [5, 5.41) is 12.2. The monoisotopic (exact) mass is 425 g/mol. The van der Waals surface area contributed by atoms with Gasteiger partial charge in [0.05, 0.1) is 0 Å². The maximum atomic E-state index is 11.9. The van der Waals surface area contributed by atoms with Gasteiger partial charge in [-0.1, -0.05) is 102 Å². The van der Waals surface area contributed by atoms with E-state index in [2.05, 4.69) is 12.2 Å². The fraction of sp³-hybridized carbons (Fsp3) is 0.519. The van der Waals surface area contributed by atoms with Crippen molar-refractivity contribution >= 4 is 6.09 Å². The molecule has 31 heavy (non-hydrogen) atoms. The molecule has 2 N–H and O–H groups in total. The third-order valence-electron chi connectivity index (χ3n) is 5.57. The van der Waals surface area contributed by atoms with Gasteiger partial charge in [0.2, 0.25) is 0 Å². The molecular formula is C27H39NO3. The number of hydrogen-bond donors (Lipinski definition) is 2. The smallest absolute Gasteiger partial charge is 0.412 e.